The summed E-state index contributed by atoms with van der Waals surface area (Å²) in [5, 5.41) is 0.623. The quantitative estimate of drug-likeness (QED) is 0.661. The number of nitrogens with zero attached hydrogens (tertiary/aromatic N) is 3. The molecular weight excluding hydrogens is 417 g/mol. The van der Waals surface area contributed by atoms with Gasteiger partial charge in [0.1, 0.15) is 5.69 Å². The molecule has 1 aromatic heterocycles. The van der Waals surface area contributed by atoms with Gasteiger partial charge in [0, 0.05) is 24.7 Å². The fourth-order valence-corrected chi connectivity index (χ4v) is 5.23. The molecule has 2 atom stereocenters. The van der Waals surface area contributed by atoms with Crippen molar-refractivity contribution >= 4 is 29.0 Å². The van der Waals surface area contributed by atoms with Crippen molar-refractivity contribution in [2.24, 2.45) is 17.1 Å². The second-order valence-electron chi connectivity index (χ2n) is 8.26. The van der Waals surface area contributed by atoms with Gasteiger partial charge in [-0.3, -0.25) is 0 Å². The van der Waals surface area contributed by atoms with Gasteiger partial charge in [-0.05, 0) is 43.1 Å². The first-order valence-corrected chi connectivity index (χ1v) is 10.7. The lowest BCUT2D eigenvalue weighted by atomic mass is 9.73. The van der Waals surface area contributed by atoms with Crippen molar-refractivity contribution in [2.45, 2.75) is 45.1 Å². The molecule has 0 bridgehead atoms. The number of rotatable bonds is 3. The van der Waals surface area contributed by atoms with Crippen molar-refractivity contribution in [1.29, 1.82) is 0 Å². The lowest BCUT2D eigenvalue weighted by Crippen LogP contribution is -2.48. The number of aromatic nitrogens is 2. The van der Waals surface area contributed by atoms with E-state index in [2.05, 4.69) is 16.9 Å². The summed E-state index contributed by atoms with van der Waals surface area (Å²) >= 11 is 12.3. The van der Waals surface area contributed by atoms with Crippen LogP contribution in [0.2, 0.25) is 10.0 Å². The third-order valence-corrected chi connectivity index (χ3v) is 7.51. The van der Waals surface area contributed by atoms with Crippen molar-refractivity contribution in [1.82, 2.24) is 9.97 Å². The first kappa shape index (κ1) is 20.8. The largest absolute Gasteiger partial charge is 0.355 e. The molecule has 0 unspecified atom stereocenters. The van der Waals surface area contributed by atoms with E-state index in [4.69, 9.17) is 28.9 Å². The van der Waals surface area contributed by atoms with E-state index >= 15 is 0 Å². The highest BCUT2D eigenvalue weighted by molar-refractivity contribution is 6.43. The number of benzene rings is 1. The summed E-state index contributed by atoms with van der Waals surface area (Å²) < 4.78 is 27.7. The molecule has 2 aromatic rings. The Balaban J connectivity index is 1.61. The Bertz CT molecular complexity index is 900. The first-order chi connectivity index (χ1) is 13.8. The van der Waals surface area contributed by atoms with Gasteiger partial charge in [-0.1, -0.05) is 42.3 Å². The number of hydrogen-bond acceptors (Lipinski definition) is 4. The molecule has 0 radical (unpaired) electrons. The van der Waals surface area contributed by atoms with Gasteiger partial charge in [0.2, 0.25) is 0 Å². The van der Waals surface area contributed by atoms with Crippen LogP contribution in [0, 0.1) is 11.3 Å². The third-order valence-electron chi connectivity index (χ3n) is 6.69. The highest BCUT2D eigenvalue weighted by Gasteiger charge is 2.46. The Kier molecular flexibility index (Phi) is 5.70. The molecule has 4 nitrogen and oxygen atoms in total. The smallest absolute Gasteiger partial charge is 0.284 e. The Morgan fingerprint density at radius 3 is 2.55 bits per heavy atom. The van der Waals surface area contributed by atoms with Gasteiger partial charge in [0.25, 0.3) is 6.43 Å². The minimum Gasteiger partial charge on any atom is -0.355 e. The molecule has 2 fully saturated rings. The molecule has 8 heteroatoms. The van der Waals surface area contributed by atoms with Crippen LogP contribution in [0.5, 0.6) is 0 Å². The molecule has 156 valence electrons. The molecular formula is C21H24Cl2F2N4. The lowest BCUT2D eigenvalue weighted by molar-refractivity contribution is 0.145. The van der Waals surface area contributed by atoms with Crippen LogP contribution in [0.3, 0.4) is 0 Å². The van der Waals surface area contributed by atoms with Crippen LogP contribution in [0.4, 0.5) is 14.6 Å². The number of nitrogens with two attached hydrogens (primary N) is 1. The van der Waals surface area contributed by atoms with E-state index in [0.717, 1.165) is 25.7 Å². The maximum Gasteiger partial charge on any atom is 0.284 e. The van der Waals surface area contributed by atoms with Gasteiger partial charge in [0.15, 0.2) is 5.82 Å². The summed E-state index contributed by atoms with van der Waals surface area (Å²) in [6.45, 7) is 3.52. The maximum atomic E-state index is 13.9. The molecule has 2 heterocycles. The van der Waals surface area contributed by atoms with Gasteiger partial charge in [-0.2, -0.15) is 0 Å². The monoisotopic (exact) mass is 440 g/mol. The van der Waals surface area contributed by atoms with Gasteiger partial charge in [-0.15, -0.1) is 0 Å². The number of piperidine rings is 1. The van der Waals surface area contributed by atoms with Crippen LogP contribution < -0.4 is 10.6 Å². The molecule has 1 aliphatic heterocycles. The van der Waals surface area contributed by atoms with E-state index in [1.165, 1.54) is 6.20 Å². The fourth-order valence-electron chi connectivity index (χ4n) is 4.83. The van der Waals surface area contributed by atoms with Gasteiger partial charge in [0.05, 0.1) is 21.9 Å². The van der Waals surface area contributed by atoms with Crippen LogP contribution >= 0.6 is 23.2 Å². The summed E-state index contributed by atoms with van der Waals surface area (Å²) in [6.07, 6.45) is 2.79. The molecule has 29 heavy (non-hydrogen) atoms. The molecule has 1 saturated carbocycles. The van der Waals surface area contributed by atoms with Crippen molar-refractivity contribution < 1.29 is 8.78 Å². The van der Waals surface area contributed by atoms with Gasteiger partial charge >= 0.3 is 0 Å². The third kappa shape index (κ3) is 3.71. The maximum absolute atomic E-state index is 13.9. The van der Waals surface area contributed by atoms with Gasteiger partial charge < -0.3 is 10.6 Å². The second-order valence-corrected chi connectivity index (χ2v) is 9.04. The second kappa shape index (κ2) is 7.97. The van der Waals surface area contributed by atoms with E-state index in [-0.39, 0.29) is 33.7 Å². The number of hydrogen-bond donors (Lipinski definition) is 1. The Morgan fingerprint density at radius 2 is 1.93 bits per heavy atom. The Morgan fingerprint density at radius 1 is 1.21 bits per heavy atom. The molecule has 1 spiro atoms. The van der Waals surface area contributed by atoms with E-state index < -0.39 is 6.43 Å². The molecule has 1 aliphatic carbocycles. The summed E-state index contributed by atoms with van der Waals surface area (Å²) in [5.41, 5.74) is 7.06. The molecule has 1 aromatic carbocycles. The number of alkyl halides is 2. The van der Waals surface area contributed by atoms with E-state index in [1.807, 2.05) is 4.90 Å². The average molecular weight is 441 g/mol. The highest BCUT2D eigenvalue weighted by Crippen LogP contribution is 2.48. The number of halogens is 4. The minimum atomic E-state index is -2.74. The average Bonchev–Trinajstić information content (AvgIpc) is 2.99. The van der Waals surface area contributed by atoms with Crippen molar-refractivity contribution in [3.63, 3.8) is 0 Å². The topological polar surface area (TPSA) is 55.0 Å². The van der Waals surface area contributed by atoms with Crippen LogP contribution in [-0.4, -0.2) is 29.1 Å². The van der Waals surface area contributed by atoms with Crippen LogP contribution in [0.25, 0.3) is 11.3 Å². The normalized spacial score (nSPS) is 23.9. The van der Waals surface area contributed by atoms with Crippen LogP contribution in [0.1, 0.15) is 44.7 Å². The molecule has 2 aliphatic rings. The minimum absolute atomic E-state index is 0.128. The van der Waals surface area contributed by atoms with Crippen LogP contribution in [-0.2, 0) is 0 Å². The summed E-state index contributed by atoms with van der Waals surface area (Å²) in [4.78, 5) is 10.5. The Hall–Kier alpha value is -1.50. The molecule has 0 amide bonds. The molecule has 2 N–H and O–H groups in total. The summed E-state index contributed by atoms with van der Waals surface area (Å²) in [7, 11) is 0. The van der Waals surface area contributed by atoms with Crippen molar-refractivity contribution in [3.8, 4) is 11.3 Å². The predicted molar refractivity (Wildman–Crippen MR) is 113 cm³/mol. The van der Waals surface area contributed by atoms with Crippen molar-refractivity contribution in [2.75, 3.05) is 18.0 Å². The standard InChI is InChI=1S/C21H24Cl2F2N4/c1-12-5-6-21(18(12)26)7-9-29(10-8-21)20-17(19(24)25)28-15(11-27-20)13-3-2-4-14(22)16(13)23/h2-4,11-12,18-19H,5-10,26H2,1H3/t12-,18-/m1/s1. The SMILES string of the molecule is C[C@@H]1CCC2(CCN(c3ncc(-c4cccc(Cl)c4Cl)nc3C(F)F)CC2)[C@@H]1N. The lowest BCUT2D eigenvalue weighted by Gasteiger charge is -2.43. The van der Waals surface area contributed by atoms with Crippen LogP contribution in [0.15, 0.2) is 24.4 Å². The van der Waals surface area contributed by atoms with E-state index in [9.17, 15) is 8.78 Å². The summed E-state index contributed by atoms with van der Waals surface area (Å²) in [5.74, 6) is 0.760. The molecule has 4 rings (SSSR count). The highest BCUT2D eigenvalue weighted by atomic mass is 35.5. The number of anilines is 1. The zero-order valence-corrected chi connectivity index (χ0v) is 17.7. The predicted octanol–water partition coefficient (Wildman–Crippen LogP) is 5.73. The zero-order chi connectivity index (χ0) is 20.8. The fraction of sp³-hybridized carbons (Fsp3) is 0.524. The first-order valence-electron chi connectivity index (χ1n) is 9.92. The summed E-state index contributed by atoms with van der Waals surface area (Å²) in [6, 6.07) is 5.22. The molecule has 1 saturated heterocycles. The van der Waals surface area contributed by atoms with Crippen molar-refractivity contribution in [3.05, 3.63) is 40.1 Å². The Labute approximate surface area is 179 Å². The van der Waals surface area contributed by atoms with Gasteiger partial charge in [-0.25, -0.2) is 18.7 Å². The van der Waals surface area contributed by atoms with E-state index in [1.54, 1.807) is 18.2 Å². The zero-order valence-electron chi connectivity index (χ0n) is 16.2. The van der Waals surface area contributed by atoms with E-state index in [0.29, 0.717) is 29.6 Å².